The van der Waals surface area contributed by atoms with Crippen molar-refractivity contribution < 1.29 is 9.72 Å². The summed E-state index contributed by atoms with van der Waals surface area (Å²) in [6, 6.07) is 13.9. The van der Waals surface area contributed by atoms with Crippen molar-refractivity contribution in [2.75, 3.05) is 31.1 Å². The molecule has 1 N–H and O–H groups in total. The summed E-state index contributed by atoms with van der Waals surface area (Å²) < 4.78 is 0. The van der Waals surface area contributed by atoms with Crippen molar-refractivity contribution in [2.24, 2.45) is 0 Å². The Balaban J connectivity index is 1.49. The molecule has 0 bridgehead atoms. The number of hydrogen-bond donors (Lipinski definition) is 1. The molecule has 3 aromatic rings. The zero-order chi connectivity index (χ0) is 20.4. The number of benzene rings is 2. The first-order valence-corrected chi connectivity index (χ1v) is 9.49. The number of aromatic nitrogens is 2. The Kier molecular flexibility index (Phi) is 5.18. The molecule has 0 aliphatic carbocycles. The maximum absolute atomic E-state index is 13.1. The number of carbonyl (C=O) groups is 1. The number of H-pyrrole nitrogens is 1. The van der Waals surface area contributed by atoms with Gasteiger partial charge >= 0.3 is 0 Å². The minimum atomic E-state index is -0.378. The standard InChI is InChI=1S/C20H18ClN5O3/c21-15-7-5-14(6-8-15)19-16(13-22-23-19)20(27)25-11-9-24(10-12-25)17-3-1-2-4-18(17)26(28)29/h1-8,13H,9-12H2,(H,22,23). The Labute approximate surface area is 171 Å². The molecule has 0 unspecified atom stereocenters. The van der Waals surface area contributed by atoms with Crippen LogP contribution in [0, 0.1) is 10.1 Å². The normalized spacial score (nSPS) is 14.1. The van der Waals surface area contributed by atoms with Crippen molar-refractivity contribution in [3.05, 3.63) is 75.4 Å². The van der Waals surface area contributed by atoms with Crippen LogP contribution in [-0.4, -0.2) is 52.1 Å². The van der Waals surface area contributed by atoms with E-state index >= 15 is 0 Å². The highest BCUT2D eigenvalue weighted by Crippen LogP contribution is 2.29. The van der Waals surface area contributed by atoms with Crippen LogP contribution >= 0.6 is 11.6 Å². The smallest absolute Gasteiger partial charge is 0.292 e. The number of aromatic amines is 1. The van der Waals surface area contributed by atoms with Gasteiger partial charge in [0.2, 0.25) is 0 Å². The summed E-state index contributed by atoms with van der Waals surface area (Å²) in [4.78, 5) is 27.6. The van der Waals surface area contributed by atoms with E-state index in [4.69, 9.17) is 11.6 Å². The fraction of sp³-hybridized carbons (Fsp3) is 0.200. The summed E-state index contributed by atoms with van der Waals surface area (Å²) >= 11 is 5.94. The number of rotatable bonds is 4. The molecule has 1 aromatic heterocycles. The van der Waals surface area contributed by atoms with Crippen molar-refractivity contribution in [3.8, 4) is 11.3 Å². The van der Waals surface area contributed by atoms with Crippen molar-refractivity contribution in [2.45, 2.75) is 0 Å². The number of nitro groups is 1. The topological polar surface area (TPSA) is 95.4 Å². The van der Waals surface area contributed by atoms with E-state index < -0.39 is 0 Å². The highest BCUT2D eigenvalue weighted by Gasteiger charge is 2.27. The molecule has 1 amide bonds. The van der Waals surface area contributed by atoms with Gasteiger partial charge in [0.15, 0.2) is 0 Å². The number of nitro benzene ring substituents is 1. The van der Waals surface area contributed by atoms with Crippen LogP contribution in [0.15, 0.2) is 54.7 Å². The molecule has 29 heavy (non-hydrogen) atoms. The minimum absolute atomic E-state index is 0.0761. The molecule has 1 aliphatic heterocycles. The molecule has 0 radical (unpaired) electrons. The van der Waals surface area contributed by atoms with Crippen molar-refractivity contribution >= 4 is 28.9 Å². The van der Waals surface area contributed by atoms with Crippen LogP contribution in [0.25, 0.3) is 11.3 Å². The molecule has 2 aromatic carbocycles. The van der Waals surface area contributed by atoms with Gasteiger partial charge in [-0.05, 0) is 18.2 Å². The lowest BCUT2D eigenvalue weighted by atomic mass is 10.1. The van der Waals surface area contributed by atoms with E-state index in [1.54, 1.807) is 35.2 Å². The fourth-order valence-corrected chi connectivity index (χ4v) is 3.62. The van der Waals surface area contributed by atoms with Gasteiger partial charge in [0.25, 0.3) is 11.6 Å². The van der Waals surface area contributed by atoms with Crippen molar-refractivity contribution in [3.63, 3.8) is 0 Å². The van der Waals surface area contributed by atoms with Gasteiger partial charge in [-0.15, -0.1) is 0 Å². The quantitative estimate of drug-likeness (QED) is 0.522. The second-order valence-corrected chi connectivity index (χ2v) is 7.13. The molecular weight excluding hydrogens is 394 g/mol. The highest BCUT2D eigenvalue weighted by molar-refractivity contribution is 6.30. The average molecular weight is 412 g/mol. The van der Waals surface area contributed by atoms with Crippen molar-refractivity contribution in [1.82, 2.24) is 15.1 Å². The van der Waals surface area contributed by atoms with E-state index in [1.165, 1.54) is 12.3 Å². The zero-order valence-corrected chi connectivity index (χ0v) is 16.2. The molecule has 8 nitrogen and oxygen atoms in total. The number of nitrogens with zero attached hydrogens (tertiary/aromatic N) is 4. The second kappa shape index (κ2) is 7.92. The number of piperazine rings is 1. The third kappa shape index (κ3) is 3.79. The van der Waals surface area contributed by atoms with Crippen LogP contribution in [0.1, 0.15) is 10.4 Å². The SMILES string of the molecule is O=C(c1cn[nH]c1-c1ccc(Cl)cc1)N1CCN(c2ccccc2[N+](=O)[O-])CC1. The van der Waals surface area contributed by atoms with Gasteiger partial charge in [-0.3, -0.25) is 20.0 Å². The molecular formula is C20H18ClN5O3. The van der Waals surface area contributed by atoms with Gasteiger partial charge in [-0.1, -0.05) is 35.9 Å². The third-order valence-corrected chi connectivity index (χ3v) is 5.24. The van der Waals surface area contributed by atoms with Crippen LogP contribution in [-0.2, 0) is 0 Å². The zero-order valence-electron chi connectivity index (χ0n) is 15.4. The molecule has 0 atom stereocenters. The van der Waals surface area contributed by atoms with E-state index in [9.17, 15) is 14.9 Å². The van der Waals surface area contributed by atoms with Gasteiger partial charge in [0.05, 0.1) is 22.4 Å². The Morgan fingerprint density at radius 1 is 1.07 bits per heavy atom. The lowest BCUT2D eigenvalue weighted by Gasteiger charge is -2.35. The van der Waals surface area contributed by atoms with Crippen molar-refractivity contribution in [1.29, 1.82) is 0 Å². The Hall–Kier alpha value is -3.39. The number of carbonyl (C=O) groups excluding carboxylic acids is 1. The molecule has 1 aliphatic rings. The average Bonchev–Trinajstić information content (AvgIpc) is 3.24. The molecule has 1 saturated heterocycles. The first-order chi connectivity index (χ1) is 14.0. The first kappa shape index (κ1) is 18.9. The maximum atomic E-state index is 13.1. The molecule has 2 heterocycles. The van der Waals surface area contributed by atoms with Gasteiger partial charge in [0.1, 0.15) is 5.69 Å². The summed E-state index contributed by atoms with van der Waals surface area (Å²) in [5, 5.41) is 18.8. The summed E-state index contributed by atoms with van der Waals surface area (Å²) in [5.74, 6) is -0.120. The number of nitrogens with one attached hydrogen (secondary N) is 1. The van der Waals surface area contributed by atoms with E-state index in [0.29, 0.717) is 48.1 Å². The maximum Gasteiger partial charge on any atom is 0.292 e. The van der Waals surface area contributed by atoms with Crippen LogP contribution in [0.4, 0.5) is 11.4 Å². The first-order valence-electron chi connectivity index (χ1n) is 9.11. The van der Waals surface area contributed by atoms with E-state index in [2.05, 4.69) is 10.2 Å². The molecule has 0 saturated carbocycles. The summed E-state index contributed by atoms with van der Waals surface area (Å²) in [6.45, 7) is 1.97. The lowest BCUT2D eigenvalue weighted by molar-refractivity contribution is -0.384. The fourth-order valence-electron chi connectivity index (χ4n) is 3.49. The second-order valence-electron chi connectivity index (χ2n) is 6.69. The van der Waals surface area contributed by atoms with Gasteiger partial charge in [-0.2, -0.15) is 5.10 Å². The van der Waals surface area contributed by atoms with Gasteiger partial charge in [-0.25, -0.2) is 0 Å². The number of amides is 1. The van der Waals surface area contributed by atoms with E-state index in [-0.39, 0.29) is 16.5 Å². The molecule has 4 rings (SSSR count). The molecule has 148 valence electrons. The van der Waals surface area contributed by atoms with Crippen LogP contribution in [0.2, 0.25) is 5.02 Å². The lowest BCUT2D eigenvalue weighted by Crippen LogP contribution is -2.49. The van der Waals surface area contributed by atoms with Gasteiger partial charge < -0.3 is 9.80 Å². The number of anilines is 1. The third-order valence-electron chi connectivity index (χ3n) is 4.99. The van der Waals surface area contributed by atoms with Gasteiger partial charge in [0, 0.05) is 42.8 Å². The highest BCUT2D eigenvalue weighted by atomic mass is 35.5. The molecule has 9 heteroatoms. The molecule has 1 fully saturated rings. The monoisotopic (exact) mass is 411 g/mol. The Bertz CT molecular complexity index is 1040. The number of hydrogen-bond acceptors (Lipinski definition) is 5. The van der Waals surface area contributed by atoms with Crippen LogP contribution in [0.5, 0.6) is 0 Å². The summed E-state index contributed by atoms with van der Waals surface area (Å²) in [7, 11) is 0. The summed E-state index contributed by atoms with van der Waals surface area (Å²) in [5.41, 5.74) is 2.62. The Morgan fingerprint density at radius 2 is 1.76 bits per heavy atom. The number of para-hydroxylation sites is 2. The largest absolute Gasteiger partial charge is 0.362 e. The van der Waals surface area contributed by atoms with E-state index in [1.807, 2.05) is 17.0 Å². The summed E-state index contributed by atoms with van der Waals surface area (Å²) in [6.07, 6.45) is 1.53. The van der Waals surface area contributed by atoms with Crippen LogP contribution in [0.3, 0.4) is 0 Å². The minimum Gasteiger partial charge on any atom is -0.362 e. The van der Waals surface area contributed by atoms with Crippen LogP contribution < -0.4 is 4.90 Å². The predicted molar refractivity (Wildman–Crippen MR) is 110 cm³/mol. The molecule has 0 spiro atoms. The Morgan fingerprint density at radius 3 is 2.45 bits per heavy atom. The number of halogens is 1. The predicted octanol–water partition coefficient (Wildman–Crippen LogP) is 3.60. The van der Waals surface area contributed by atoms with E-state index in [0.717, 1.165) is 5.56 Å².